The quantitative estimate of drug-likeness (QED) is 0.344. The van der Waals surface area contributed by atoms with E-state index < -0.39 is 5.97 Å². The molecule has 0 saturated carbocycles. The van der Waals surface area contributed by atoms with E-state index in [1.54, 1.807) is 19.1 Å². The molecule has 1 aromatic carbocycles. The smallest absolute Gasteiger partial charge is 0.349 e. The molecule has 0 fully saturated rings. The van der Waals surface area contributed by atoms with Gasteiger partial charge in [0.05, 0.1) is 23.1 Å². The summed E-state index contributed by atoms with van der Waals surface area (Å²) in [5.41, 5.74) is 1.07. The normalized spacial score (nSPS) is 10.9. The van der Waals surface area contributed by atoms with Crippen molar-refractivity contribution in [2.24, 2.45) is 0 Å². The van der Waals surface area contributed by atoms with Crippen molar-refractivity contribution in [1.82, 2.24) is 9.55 Å². The zero-order valence-electron chi connectivity index (χ0n) is 15.5. The van der Waals surface area contributed by atoms with Crippen LogP contribution in [-0.4, -0.2) is 21.3 Å². The summed E-state index contributed by atoms with van der Waals surface area (Å²) >= 11 is 2.45. The first-order valence-corrected chi connectivity index (χ1v) is 10.5. The Balaban J connectivity index is 1.60. The zero-order chi connectivity index (χ0) is 20.4. The summed E-state index contributed by atoms with van der Waals surface area (Å²) in [7, 11) is 0. The second-order valence-corrected chi connectivity index (χ2v) is 8.32. The fraction of sp³-hybridized carbons (Fsp3) is 0.143. The molecule has 4 aromatic rings. The molecule has 6 nitrogen and oxygen atoms in total. The molecular weight excluding hydrogens is 408 g/mol. The molecule has 0 aliphatic carbocycles. The van der Waals surface area contributed by atoms with Crippen molar-refractivity contribution < 1.29 is 14.3 Å². The fourth-order valence-corrected chi connectivity index (χ4v) is 4.61. The molecule has 29 heavy (non-hydrogen) atoms. The van der Waals surface area contributed by atoms with Gasteiger partial charge in [0.25, 0.3) is 5.56 Å². The minimum absolute atomic E-state index is 0.0919. The number of fused-ring (bicyclic) bond motifs is 1. The Morgan fingerprint density at radius 1 is 1.14 bits per heavy atom. The van der Waals surface area contributed by atoms with Gasteiger partial charge < -0.3 is 4.74 Å². The van der Waals surface area contributed by atoms with Gasteiger partial charge in [0.1, 0.15) is 16.3 Å². The molecule has 0 N–H and O–H groups in total. The van der Waals surface area contributed by atoms with Crippen LogP contribution >= 0.6 is 22.7 Å². The molecule has 0 unspecified atom stereocenters. The summed E-state index contributed by atoms with van der Waals surface area (Å²) in [6, 6.07) is 12.9. The first-order chi connectivity index (χ1) is 14.0. The third-order valence-electron chi connectivity index (χ3n) is 4.43. The number of carbonyl (C=O) groups is 2. The van der Waals surface area contributed by atoms with Crippen LogP contribution < -0.4 is 5.56 Å². The minimum atomic E-state index is -0.491. The predicted molar refractivity (Wildman–Crippen MR) is 113 cm³/mol. The Morgan fingerprint density at radius 2 is 1.93 bits per heavy atom. The molecule has 146 valence electrons. The van der Waals surface area contributed by atoms with Gasteiger partial charge in [-0.15, -0.1) is 22.7 Å². The highest BCUT2D eigenvalue weighted by Gasteiger charge is 2.21. The highest BCUT2D eigenvalue weighted by Crippen LogP contribution is 2.27. The Hall–Kier alpha value is -3.10. The van der Waals surface area contributed by atoms with E-state index in [9.17, 15) is 14.4 Å². The molecule has 0 bridgehead atoms. The number of carbonyl (C=O) groups excluding carboxylic acids is 2. The monoisotopic (exact) mass is 424 g/mol. The summed E-state index contributed by atoms with van der Waals surface area (Å²) in [6.45, 7) is 1.76. The van der Waals surface area contributed by atoms with Crippen molar-refractivity contribution in [3.63, 3.8) is 0 Å². The molecule has 0 saturated heterocycles. The van der Waals surface area contributed by atoms with Gasteiger partial charge in [-0.2, -0.15) is 0 Å². The number of rotatable bonds is 6. The highest BCUT2D eigenvalue weighted by molar-refractivity contribution is 7.20. The van der Waals surface area contributed by atoms with Crippen LogP contribution in [-0.2, 0) is 17.9 Å². The second kappa shape index (κ2) is 8.10. The van der Waals surface area contributed by atoms with Gasteiger partial charge in [-0.05, 0) is 29.5 Å². The lowest BCUT2D eigenvalue weighted by atomic mass is 10.2. The third kappa shape index (κ3) is 3.90. The standard InChI is InChI=1S/C21H16N2O4S2/c1-13-17-19(29-18(13)21(26)27-11-14-6-3-2-4-7-14)22-12-23(20(17)25)10-15(24)16-8-5-9-28-16/h2-9,12H,10-11H2,1H3. The number of thiophene rings is 2. The van der Waals surface area contributed by atoms with E-state index in [0.29, 0.717) is 25.5 Å². The van der Waals surface area contributed by atoms with Gasteiger partial charge in [-0.25, -0.2) is 9.78 Å². The van der Waals surface area contributed by atoms with Crippen molar-refractivity contribution in [3.8, 4) is 0 Å². The number of nitrogens with zero attached hydrogens (tertiary/aromatic N) is 2. The number of ether oxygens (including phenoxy) is 1. The summed E-state index contributed by atoms with van der Waals surface area (Å²) in [6.07, 6.45) is 1.35. The van der Waals surface area contributed by atoms with E-state index in [1.807, 2.05) is 35.7 Å². The number of hydrogen-bond acceptors (Lipinski definition) is 7. The Bertz CT molecular complexity index is 1240. The average molecular weight is 425 g/mol. The highest BCUT2D eigenvalue weighted by atomic mass is 32.1. The molecule has 3 heterocycles. The molecule has 0 spiro atoms. The minimum Gasteiger partial charge on any atom is -0.457 e. The average Bonchev–Trinajstić information content (AvgIpc) is 3.38. The van der Waals surface area contributed by atoms with E-state index in [4.69, 9.17) is 4.74 Å². The van der Waals surface area contributed by atoms with Crippen molar-refractivity contribution in [2.75, 3.05) is 0 Å². The van der Waals surface area contributed by atoms with Crippen molar-refractivity contribution in [3.05, 3.63) is 85.4 Å². The number of esters is 1. The lowest BCUT2D eigenvalue weighted by Crippen LogP contribution is -2.24. The van der Waals surface area contributed by atoms with E-state index in [2.05, 4.69) is 4.98 Å². The first kappa shape index (κ1) is 19.2. The molecule has 4 rings (SSSR count). The van der Waals surface area contributed by atoms with E-state index in [-0.39, 0.29) is 24.5 Å². The van der Waals surface area contributed by atoms with E-state index >= 15 is 0 Å². The maximum atomic E-state index is 12.9. The molecule has 3 aromatic heterocycles. The van der Waals surface area contributed by atoms with Gasteiger partial charge in [0.2, 0.25) is 0 Å². The van der Waals surface area contributed by atoms with Gasteiger partial charge in [0, 0.05) is 0 Å². The zero-order valence-corrected chi connectivity index (χ0v) is 17.1. The number of ketones is 1. The molecule has 0 aliphatic heterocycles. The van der Waals surface area contributed by atoms with Crippen LogP contribution in [0.25, 0.3) is 10.2 Å². The molecule has 0 aliphatic rings. The Morgan fingerprint density at radius 3 is 2.66 bits per heavy atom. The van der Waals surface area contributed by atoms with Crippen molar-refractivity contribution >= 4 is 44.6 Å². The summed E-state index contributed by atoms with van der Waals surface area (Å²) in [5.74, 6) is -0.645. The topological polar surface area (TPSA) is 78.3 Å². The lowest BCUT2D eigenvalue weighted by molar-refractivity contribution is 0.0477. The Labute approximate surface area is 174 Å². The van der Waals surface area contributed by atoms with Gasteiger partial charge in [0.15, 0.2) is 5.78 Å². The van der Waals surface area contributed by atoms with Crippen LogP contribution in [0, 0.1) is 6.92 Å². The second-order valence-electron chi connectivity index (χ2n) is 6.38. The molecule has 0 amide bonds. The molecule has 8 heteroatoms. The van der Waals surface area contributed by atoms with Gasteiger partial charge in [-0.3, -0.25) is 14.2 Å². The van der Waals surface area contributed by atoms with Crippen LogP contribution in [0.2, 0.25) is 0 Å². The number of hydrogen-bond donors (Lipinski definition) is 0. The lowest BCUT2D eigenvalue weighted by Gasteiger charge is -2.04. The molecular formula is C21H16N2O4S2. The van der Waals surface area contributed by atoms with Crippen LogP contribution in [0.4, 0.5) is 0 Å². The fourth-order valence-electron chi connectivity index (χ4n) is 2.93. The summed E-state index contributed by atoms with van der Waals surface area (Å²) in [5, 5.41) is 2.16. The summed E-state index contributed by atoms with van der Waals surface area (Å²) in [4.78, 5) is 43.4. The van der Waals surface area contributed by atoms with Crippen molar-refractivity contribution in [1.29, 1.82) is 0 Å². The van der Waals surface area contributed by atoms with Crippen LogP contribution in [0.5, 0.6) is 0 Å². The third-order valence-corrected chi connectivity index (χ3v) is 6.52. The SMILES string of the molecule is Cc1c(C(=O)OCc2ccccc2)sc2ncn(CC(=O)c3cccs3)c(=O)c12. The number of aryl methyl sites for hydroxylation is 1. The van der Waals surface area contributed by atoms with Crippen LogP contribution in [0.1, 0.15) is 30.5 Å². The van der Waals surface area contributed by atoms with Crippen LogP contribution in [0.15, 0.2) is 59.0 Å². The maximum Gasteiger partial charge on any atom is 0.349 e. The number of aromatic nitrogens is 2. The molecule has 0 radical (unpaired) electrons. The van der Waals surface area contributed by atoms with E-state index in [1.165, 1.54) is 22.2 Å². The predicted octanol–water partition coefficient (Wildman–Crippen LogP) is 4.07. The molecule has 0 atom stereocenters. The number of benzene rings is 1. The summed E-state index contributed by atoms with van der Waals surface area (Å²) < 4.78 is 6.67. The Kier molecular flexibility index (Phi) is 5.37. The van der Waals surface area contributed by atoms with E-state index in [0.717, 1.165) is 16.9 Å². The van der Waals surface area contributed by atoms with Crippen LogP contribution in [0.3, 0.4) is 0 Å². The van der Waals surface area contributed by atoms with Gasteiger partial charge in [-0.1, -0.05) is 36.4 Å². The van der Waals surface area contributed by atoms with Gasteiger partial charge >= 0.3 is 5.97 Å². The maximum absolute atomic E-state index is 12.9. The van der Waals surface area contributed by atoms with Crippen molar-refractivity contribution in [2.45, 2.75) is 20.1 Å². The largest absolute Gasteiger partial charge is 0.457 e. The first-order valence-electron chi connectivity index (χ1n) is 8.81. The number of Topliss-reactive ketones (excluding diaryl/α,β-unsaturated/α-hetero) is 1.